The molecule has 2 atom stereocenters. The fourth-order valence-electron chi connectivity index (χ4n) is 5.33. The number of nitrogens with zero attached hydrogens (tertiary/aromatic N) is 4. The summed E-state index contributed by atoms with van der Waals surface area (Å²) in [5.74, 6) is -0.659. The fraction of sp³-hybridized carbons (Fsp3) is 0.345. The van der Waals surface area contributed by atoms with Crippen LogP contribution in [0.15, 0.2) is 54.9 Å². The number of hydrogen-bond donors (Lipinski definition) is 1. The molecule has 5 rings (SSSR count). The summed E-state index contributed by atoms with van der Waals surface area (Å²) < 4.78 is 7.00. The summed E-state index contributed by atoms with van der Waals surface area (Å²) in [6, 6.07) is 12.2. The first kappa shape index (κ1) is 26.1. The lowest BCUT2D eigenvalue weighted by Gasteiger charge is -2.39. The van der Waals surface area contributed by atoms with Gasteiger partial charge in [-0.3, -0.25) is 24.0 Å². The van der Waals surface area contributed by atoms with Crippen molar-refractivity contribution in [2.24, 2.45) is 0 Å². The minimum Gasteiger partial charge on any atom is -0.447 e. The molecule has 0 fully saturated rings. The molecule has 0 aliphatic carbocycles. The van der Waals surface area contributed by atoms with Gasteiger partial charge in [-0.05, 0) is 62.6 Å². The van der Waals surface area contributed by atoms with Crippen LogP contribution in [0.4, 0.5) is 10.5 Å². The van der Waals surface area contributed by atoms with Crippen molar-refractivity contribution >= 4 is 29.5 Å². The van der Waals surface area contributed by atoms with Gasteiger partial charge in [0, 0.05) is 37.0 Å². The molecule has 0 saturated carbocycles. The van der Waals surface area contributed by atoms with Crippen LogP contribution in [0, 0.1) is 0 Å². The zero-order valence-electron chi connectivity index (χ0n) is 22.4. The molecule has 2 aliphatic heterocycles. The van der Waals surface area contributed by atoms with Crippen molar-refractivity contribution in [2.75, 3.05) is 11.4 Å². The van der Waals surface area contributed by atoms with Gasteiger partial charge in [0.1, 0.15) is 0 Å². The number of carbonyl (C=O) groups excluding carboxylic acids is 4. The van der Waals surface area contributed by atoms with E-state index in [1.165, 1.54) is 11.8 Å². The maximum atomic E-state index is 12.7. The Balaban J connectivity index is 1.36. The van der Waals surface area contributed by atoms with Gasteiger partial charge in [0.15, 0.2) is 0 Å². The lowest BCUT2D eigenvalue weighted by atomic mass is 9.89. The number of imide groups is 1. The number of amides is 4. The molecule has 10 nitrogen and oxygen atoms in total. The number of hydrogen-bond acceptors (Lipinski definition) is 6. The summed E-state index contributed by atoms with van der Waals surface area (Å²) >= 11 is 0. The van der Waals surface area contributed by atoms with E-state index in [1.54, 1.807) is 53.9 Å². The zero-order chi connectivity index (χ0) is 27.8. The van der Waals surface area contributed by atoms with Gasteiger partial charge < -0.3 is 15.0 Å². The molecule has 1 N–H and O–H groups in total. The molecular formula is C29H31N5O5. The van der Waals surface area contributed by atoms with E-state index < -0.39 is 6.09 Å². The Kier molecular flexibility index (Phi) is 6.94. The van der Waals surface area contributed by atoms with Crippen LogP contribution in [-0.4, -0.2) is 57.2 Å². The SMILES string of the molecule is CC(=O)N1c2ccc(-c3cnn(CCN4C(=O)c5ccccc5C4=O)c3)cc2C(NC(=O)OC(C)C)CC1C. The number of aromatic nitrogens is 2. The van der Waals surface area contributed by atoms with E-state index in [4.69, 9.17) is 4.74 Å². The lowest BCUT2D eigenvalue weighted by Crippen LogP contribution is -2.45. The fourth-order valence-corrected chi connectivity index (χ4v) is 5.33. The van der Waals surface area contributed by atoms with Crippen LogP contribution in [-0.2, 0) is 16.1 Å². The molecule has 4 amide bonds. The Morgan fingerprint density at radius 1 is 1.05 bits per heavy atom. The van der Waals surface area contributed by atoms with Crippen LogP contribution in [0.25, 0.3) is 11.1 Å². The van der Waals surface area contributed by atoms with Crippen molar-refractivity contribution in [1.82, 2.24) is 20.0 Å². The molecule has 2 aliphatic rings. The first-order valence-electron chi connectivity index (χ1n) is 13.0. The third kappa shape index (κ3) is 5.01. The van der Waals surface area contributed by atoms with Crippen LogP contribution < -0.4 is 10.2 Å². The van der Waals surface area contributed by atoms with Crippen molar-refractivity contribution in [1.29, 1.82) is 0 Å². The number of carbonyl (C=O) groups is 4. The van der Waals surface area contributed by atoms with Gasteiger partial charge in [0.05, 0.1) is 36.0 Å². The standard InChI is InChI=1S/C29H31N5O5/c1-17(2)39-29(38)31-25-13-18(3)34(19(4)35)26-10-9-20(14-24(25)26)21-15-30-32(16-21)11-12-33-27(36)22-7-5-6-8-23(22)28(33)37/h5-10,14-18,25H,11-13H2,1-4H3,(H,31,38). The van der Waals surface area contributed by atoms with Gasteiger partial charge >= 0.3 is 6.09 Å². The second-order valence-corrected chi connectivity index (χ2v) is 10.2. The molecule has 202 valence electrons. The van der Waals surface area contributed by atoms with E-state index in [0.717, 1.165) is 22.4 Å². The van der Waals surface area contributed by atoms with Crippen molar-refractivity contribution in [3.8, 4) is 11.1 Å². The highest BCUT2D eigenvalue weighted by Crippen LogP contribution is 2.39. The van der Waals surface area contributed by atoms with Crippen molar-refractivity contribution in [3.63, 3.8) is 0 Å². The first-order valence-corrected chi connectivity index (χ1v) is 13.0. The minimum atomic E-state index is -0.504. The first-order chi connectivity index (χ1) is 18.6. The second kappa shape index (κ2) is 10.4. The Morgan fingerprint density at radius 3 is 2.38 bits per heavy atom. The van der Waals surface area contributed by atoms with E-state index in [2.05, 4.69) is 10.4 Å². The third-order valence-corrected chi connectivity index (χ3v) is 7.05. The quantitative estimate of drug-likeness (QED) is 0.480. The molecule has 0 saturated heterocycles. The van der Waals surface area contributed by atoms with E-state index in [1.807, 2.05) is 31.3 Å². The van der Waals surface area contributed by atoms with Crippen LogP contribution in [0.2, 0.25) is 0 Å². The maximum Gasteiger partial charge on any atom is 0.407 e. The molecule has 0 radical (unpaired) electrons. The van der Waals surface area contributed by atoms with Gasteiger partial charge in [-0.15, -0.1) is 0 Å². The highest BCUT2D eigenvalue weighted by atomic mass is 16.6. The zero-order valence-corrected chi connectivity index (χ0v) is 22.4. The van der Waals surface area contributed by atoms with Gasteiger partial charge in [0.2, 0.25) is 5.91 Å². The summed E-state index contributed by atoms with van der Waals surface area (Å²) in [6.07, 6.45) is 3.35. The van der Waals surface area contributed by atoms with E-state index in [9.17, 15) is 19.2 Å². The summed E-state index contributed by atoms with van der Waals surface area (Å²) in [7, 11) is 0. The Bertz CT molecular complexity index is 1430. The molecule has 2 aromatic carbocycles. The Labute approximate surface area is 226 Å². The molecule has 39 heavy (non-hydrogen) atoms. The second-order valence-electron chi connectivity index (χ2n) is 10.2. The van der Waals surface area contributed by atoms with Crippen molar-refractivity contribution < 1.29 is 23.9 Å². The number of benzene rings is 2. The molecule has 0 spiro atoms. The average Bonchev–Trinajstić information content (AvgIpc) is 3.45. The summed E-state index contributed by atoms with van der Waals surface area (Å²) in [6.45, 7) is 7.62. The molecule has 1 aromatic heterocycles. The number of fused-ring (bicyclic) bond motifs is 2. The van der Waals surface area contributed by atoms with Gasteiger partial charge in [-0.1, -0.05) is 18.2 Å². The molecular weight excluding hydrogens is 498 g/mol. The summed E-state index contributed by atoms with van der Waals surface area (Å²) in [5, 5.41) is 7.39. The van der Waals surface area contributed by atoms with Crippen molar-refractivity contribution in [2.45, 2.75) is 58.8 Å². The van der Waals surface area contributed by atoms with E-state index in [0.29, 0.717) is 24.1 Å². The normalized spacial score (nSPS) is 18.3. The molecule has 2 unspecified atom stereocenters. The Hall–Kier alpha value is -4.47. The van der Waals surface area contributed by atoms with Gasteiger partial charge in [-0.25, -0.2) is 4.79 Å². The lowest BCUT2D eigenvalue weighted by molar-refractivity contribution is -0.117. The van der Waals surface area contributed by atoms with Crippen LogP contribution >= 0.6 is 0 Å². The number of alkyl carbamates (subject to hydrolysis) is 1. The molecule has 3 aromatic rings. The smallest absolute Gasteiger partial charge is 0.407 e. The van der Waals surface area contributed by atoms with Gasteiger partial charge in [0.25, 0.3) is 11.8 Å². The number of nitrogens with one attached hydrogen (secondary N) is 1. The largest absolute Gasteiger partial charge is 0.447 e. The van der Waals surface area contributed by atoms with Crippen LogP contribution in [0.1, 0.15) is 66.4 Å². The van der Waals surface area contributed by atoms with Crippen molar-refractivity contribution in [3.05, 3.63) is 71.5 Å². The van der Waals surface area contributed by atoms with E-state index in [-0.39, 0.29) is 42.5 Å². The Morgan fingerprint density at radius 2 is 1.74 bits per heavy atom. The number of anilines is 1. The third-order valence-electron chi connectivity index (χ3n) is 7.05. The maximum absolute atomic E-state index is 12.7. The highest BCUT2D eigenvalue weighted by Gasteiger charge is 2.35. The molecule has 3 heterocycles. The van der Waals surface area contributed by atoms with Crippen LogP contribution in [0.3, 0.4) is 0 Å². The average molecular weight is 530 g/mol. The summed E-state index contributed by atoms with van der Waals surface area (Å²) in [4.78, 5) is 53.2. The van der Waals surface area contributed by atoms with Crippen LogP contribution in [0.5, 0.6) is 0 Å². The molecule has 0 bridgehead atoms. The summed E-state index contributed by atoms with van der Waals surface area (Å²) in [5.41, 5.74) is 4.11. The predicted molar refractivity (Wildman–Crippen MR) is 144 cm³/mol. The predicted octanol–water partition coefficient (Wildman–Crippen LogP) is 4.17. The molecule has 10 heteroatoms. The number of ether oxygens (including phenoxy) is 1. The van der Waals surface area contributed by atoms with E-state index >= 15 is 0 Å². The van der Waals surface area contributed by atoms with Gasteiger partial charge in [-0.2, -0.15) is 5.10 Å². The number of rotatable bonds is 6. The monoisotopic (exact) mass is 529 g/mol. The topological polar surface area (TPSA) is 114 Å². The highest BCUT2D eigenvalue weighted by molar-refractivity contribution is 6.21. The minimum absolute atomic E-state index is 0.0688.